The molecule has 1 amide bonds. The second-order valence-corrected chi connectivity index (χ2v) is 6.44. The summed E-state index contributed by atoms with van der Waals surface area (Å²) in [5.41, 5.74) is 1.37. The largest absolute Gasteiger partial charge is 0.358 e. The Labute approximate surface area is 122 Å². The van der Waals surface area contributed by atoms with E-state index in [-0.39, 0.29) is 11.9 Å². The van der Waals surface area contributed by atoms with Crippen LogP contribution in [0.2, 0.25) is 0 Å². The van der Waals surface area contributed by atoms with Crippen LogP contribution < -0.4 is 5.32 Å². The van der Waals surface area contributed by atoms with Crippen molar-refractivity contribution in [3.8, 4) is 0 Å². The molecule has 0 bridgehead atoms. The summed E-state index contributed by atoms with van der Waals surface area (Å²) in [6, 6.07) is -0.292. The van der Waals surface area contributed by atoms with Crippen LogP contribution in [-0.4, -0.2) is 40.9 Å². The molecule has 1 aliphatic carbocycles. The number of nitrogens with zero attached hydrogens (tertiary/aromatic N) is 3. The summed E-state index contributed by atoms with van der Waals surface area (Å²) in [6.07, 6.45) is 5.01. The van der Waals surface area contributed by atoms with Gasteiger partial charge in [0.1, 0.15) is 23.0 Å². The summed E-state index contributed by atoms with van der Waals surface area (Å²) in [7, 11) is 3.52. The van der Waals surface area contributed by atoms with Crippen LogP contribution in [0.5, 0.6) is 0 Å². The van der Waals surface area contributed by atoms with E-state index in [4.69, 9.17) is 0 Å². The average molecular weight is 290 g/mol. The fraction of sp³-hybridized carbons (Fsp3) is 0.500. The van der Waals surface area contributed by atoms with E-state index in [1.165, 1.54) is 16.9 Å². The van der Waals surface area contributed by atoms with Crippen molar-refractivity contribution in [3.05, 3.63) is 16.8 Å². The van der Waals surface area contributed by atoms with E-state index in [1.807, 2.05) is 6.92 Å². The zero-order chi connectivity index (χ0) is 14.3. The van der Waals surface area contributed by atoms with Crippen LogP contribution in [0.4, 0.5) is 5.82 Å². The average Bonchev–Trinajstić information content (AvgIpc) is 2.97. The third kappa shape index (κ3) is 2.14. The van der Waals surface area contributed by atoms with Crippen molar-refractivity contribution in [1.82, 2.24) is 14.9 Å². The second-order valence-electron chi connectivity index (χ2n) is 5.36. The molecule has 0 saturated heterocycles. The van der Waals surface area contributed by atoms with Gasteiger partial charge in [-0.25, -0.2) is 9.97 Å². The highest BCUT2D eigenvalue weighted by Crippen LogP contribution is 2.39. The van der Waals surface area contributed by atoms with Crippen LogP contribution in [0.1, 0.15) is 23.8 Å². The predicted molar refractivity (Wildman–Crippen MR) is 81.2 cm³/mol. The molecule has 0 aromatic carbocycles. The molecule has 2 aromatic rings. The van der Waals surface area contributed by atoms with Gasteiger partial charge in [0.05, 0.1) is 5.39 Å². The predicted octanol–water partition coefficient (Wildman–Crippen LogP) is 2.07. The highest BCUT2D eigenvalue weighted by atomic mass is 32.1. The molecule has 1 atom stereocenters. The Bertz CT molecular complexity index is 664. The van der Waals surface area contributed by atoms with Gasteiger partial charge in [0.25, 0.3) is 0 Å². The quantitative estimate of drug-likeness (QED) is 0.940. The number of rotatable bonds is 3. The first-order chi connectivity index (χ1) is 9.58. The topological polar surface area (TPSA) is 58.1 Å². The highest BCUT2D eigenvalue weighted by Gasteiger charge is 2.23. The first-order valence-corrected chi connectivity index (χ1v) is 7.62. The first-order valence-electron chi connectivity index (χ1n) is 6.81. The van der Waals surface area contributed by atoms with E-state index in [1.54, 1.807) is 36.7 Å². The number of thiophene rings is 1. The molecule has 2 heterocycles. The molecular formula is C14H18N4OS. The van der Waals surface area contributed by atoms with E-state index in [0.717, 1.165) is 28.9 Å². The van der Waals surface area contributed by atoms with Gasteiger partial charge in [0.15, 0.2) is 0 Å². The Balaban J connectivity index is 1.98. The lowest BCUT2D eigenvalue weighted by Crippen LogP contribution is -2.36. The van der Waals surface area contributed by atoms with Crippen molar-refractivity contribution in [2.45, 2.75) is 32.2 Å². The number of nitrogens with one attached hydrogen (secondary N) is 1. The summed E-state index contributed by atoms with van der Waals surface area (Å²) in [6.45, 7) is 1.86. The minimum absolute atomic E-state index is 0.0450. The van der Waals surface area contributed by atoms with Crippen LogP contribution >= 0.6 is 11.3 Å². The monoisotopic (exact) mass is 290 g/mol. The van der Waals surface area contributed by atoms with Crippen molar-refractivity contribution in [3.63, 3.8) is 0 Å². The normalized spacial score (nSPS) is 15.2. The number of carbonyl (C=O) groups is 1. The van der Waals surface area contributed by atoms with Gasteiger partial charge in [-0.05, 0) is 31.7 Å². The molecule has 0 saturated carbocycles. The van der Waals surface area contributed by atoms with E-state index >= 15 is 0 Å². The van der Waals surface area contributed by atoms with Gasteiger partial charge in [0, 0.05) is 19.0 Å². The molecule has 0 radical (unpaired) electrons. The molecule has 5 nitrogen and oxygen atoms in total. The third-order valence-corrected chi connectivity index (χ3v) is 4.87. The van der Waals surface area contributed by atoms with Crippen molar-refractivity contribution in [2.75, 3.05) is 19.4 Å². The number of hydrogen-bond acceptors (Lipinski definition) is 5. The molecule has 1 aliphatic rings. The Morgan fingerprint density at radius 1 is 1.40 bits per heavy atom. The maximum atomic E-state index is 12.0. The molecule has 3 rings (SSSR count). The van der Waals surface area contributed by atoms with E-state index in [9.17, 15) is 4.79 Å². The van der Waals surface area contributed by atoms with Crippen LogP contribution in [0.15, 0.2) is 6.33 Å². The molecule has 1 N–H and O–H groups in total. The molecular weight excluding hydrogens is 272 g/mol. The molecule has 20 heavy (non-hydrogen) atoms. The number of hydrogen-bond donors (Lipinski definition) is 1. The van der Waals surface area contributed by atoms with Crippen LogP contribution in [0.25, 0.3) is 10.2 Å². The fourth-order valence-electron chi connectivity index (χ4n) is 2.69. The minimum Gasteiger partial charge on any atom is -0.358 e. The Morgan fingerprint density at radius 3 is 2.95 bits per heavy atom. The number of carbonyl (C=O) groups excluding carboxylic acids is 1. The SMILES string of the molecule is C[C@H](Nc1ncnc2sc3c(c12)CCC3)C(=O)N(C)C. The van der Waals surface area contributed by atoms with Crippen molar-refractivity contribution < 1.29 is 4.79 Å². The molecule has 0 unspecified atom stereocenters. The zero-order valence-electron chi connectivity index (χ0n) is 11.9. The maximum Gasteiger partial charge on any atom is 0.244 e. The molecule has 6 heteroatoms. The van der Waals surface area contributed by atoms with Crippen LogP contribution in [0, 0.1) is 0 Å². The maximum absolute atomic E-state index is 12.0. The van der Waals surface area contributed by atoms with Crippen molar-refractivity contribution in [2.24, 2.45) is 0 Å². The molecule has 0 fully saturated rings. The number of fused-ring (bicyclic) bond motifs is 3. The molecule has 0 spiro atoms. The summed E-state index contributed by atoms with van der Waals surface area (Å²) in [4.78, 5) is 24.7. The Hall–Kier alpha value is -1.69. The number of anilines is 1. The number of amides is 1. The zero-order valence-corrected chi connectivity index (χ0v) is 12.8. The standard InChI is InChI=1S/C14H18N4OS/c1-8(14(19)18(2)3)17-12-11-9-5-4-6-10(9)20-13(11)16-7-15-12/h7-8H,4-6H2,1-3H3,(H,15,16,17)/t8-/m0/s1. The third-order valence-electron chi connectivity index (χ3n) is 3.67. The number of aromatic nitrogens is 2. The second kappa shape index (κ2) is 5.01. The smallest absolute Gasteiger partial charge is 0.244 e. The lowest BCUT2D eigenvalue weighted by atomic mass is 10.2. The first kappa shape index (κ1) is 13.3. The number of aryl methyl sites for hydroxylation is 2. The molecule has 106 valence electrons. The minimum atomic E-state index is -0.292. The highest BCUT2D eigenvalue weighted by molar-refractivity contribution is 7.19. The summed E-state index contributed by atoms with van der Waals surface area (Å²) in [5.74, 6) is 0.834. The fourth-order valence-corrected chi connectivity index (χ4v) is 3.92. The lowest BCUT2D eigenvalue weighted by Gasteiger charge is -2.18. The van der Waals surface area contributed by atoms with Gasteiger partial charge in [-0.2, -0.15) is 0 Å². The van der Waals surface area contributed by atoms with Gasteiger partial charge in [-0.3, -0.25) is 4.79 Å². The van der Waals surface area contributed by atoms with Gasteiger partial charge >= 0.3 is 0 Å². The summed E-state index contributed by atoms with van der Waals surface area (Å²) < 4.78 is 0. The van der Waals surface area contributed by atoms with Gasteiger partial charge in [0.2, 0.25) is 5.91 Å². The molecule has 0 aliphatic heterocycles. The van der Waals surface area contributed by atoms with Crippen LogP contribution in [0.3, 0.4) is 0 Å². The van der Waals surface area contributed by atoms with E-state index in [2.05, 4.69) is 15.3 Å². The van der Waals surface area contributed by atoms with Gasteiger partial charge < -0.3 is 10.2 Å². The molecule has 2 aromatic heterocycles. The Morgan fingerprint density at radius 2 is 2.20 bits per heavy atom. The summed E-state index contributed by atoms with van der Waals surface area (Å²) in [5, 5.41) is 4.36. The van der Waals surface area contributed by atoms with E-state index < -0.39 is 0 Å². The lowest BCUT2D eigenvalue weighted by molar-refractivity contribution is -0.129. The van der Waals surface area contributed by atoms with Crippen molar-refractivity contribution >= 4 is 33.3 Å². The van der Waals surface area contributed by atoms with Gasteiger partial charge in [-0.1, -0.05) is 0 Å². The number of likely N-dealkylation sites (N-methyl/N-ethyl adjacent to an activating group) is 1. The Kier molecular flexibility index (Phi) is 3.33. The summed E-state index contributed by atoms with van der Waals surface area (Å²) >= 11 is 1.76. The van der Waals surface area contributed by atoms with E-state index in [0.29, 0.717) is 0 Å². The van der Waals surface area contributed by atoms with Gasteiger partial charge in [-0.15, -0.1) is 11.3 Å². The van der Waals surface area contributed by atoms with Crippen molar-refractivity contribution in [1.29, 1.82) is 0 Å². The van der Waals surface area contributed by atoms with Crippen LogP contribution in [-0.2, 0) is 17.6 Å².